The number of benzene rings is 2. The molecule has 7 nitrogen and oxygen atoms in total. The van der Waals surface area contributed by atoms with Crippen LogP contribution in [0.25, 0.3) is 11.0 Å². The van der Waals surface area contributed by atoms with Gasteiger partial charge in [-0.2, -0.15) is 0 Å². The molecule has 2 aromatic carbocycles. The molecule has 1 aliphatic rings. The number of allylic oxidation sites excluding steroid dienone is 2. The Morgan fingerprint density at radius 1 is 1.10 bits per heavy atom. The number of ether oxygens (including phenoxy) is 2. The summed E-state index contributed by atoms with van der Waals surface area (Å²) in [5.74, 6) is 1.03. The van der Waals surface area contributed by atoms with Crippen LogP contribution in [0.4, 0.5) is 5.69 Å². The monoisotopic (exact) mass is 546 g/mol. The lowest BCUT2D eigenvalue weighted by Crippen LogP contribution is -2.34. The zero-order chi connectivity index (χ0) is 28.6. The van der Waals surface area contributed by atoms with E-state index in [9.17, 15) is 9.59 Å². The molecule has 4 rings (SSSR count). The van der Waals surface area contributed by atoms with Crippen molar-refractivity contribution >= 4 is 22.6 Å². The minimum absolute atomic E-state index is 0.0954. The molecule has 0 aliphatic heterocycles. The summed E-state index contributed by atoms with van der Waals surface area (Å²) < 4.78 is 17.2. The average Bonchev–Trinajstić information content (AvgIpc) is 2.96. The lowest BCUT2D eigenvalue weighted by Gasteiger charge is -2.31. The molecule has 0 radical (unpaired) electrons. The van der Waals surface area contributed by atoms with Gasteiger partial charge in [0.05, 0.1) is 13.7 Å². The normalized spacial score (nSPS) is 13.8. The van der Waals surface area contributed by atoms with Gasteiger partial charge in [-0.3, -0.25) is 4.79 Å². The summed E-state index contributed by atoms with van der Waals surface area (Å²) in [6, 6.07) is 11.3. The molecule has 1 N–H and O–H groups in total. The standard InChI is InChI=1S/C33H42N2O5/c1-22(2)12-13-24-20-26(15-17-30(24)38-5)32(36)34-28-21-25-14-16-29(23(3)31(25)40-33(28)37)39-19-9-18-35(4)27-10-7-6-8-11-27/h12,14-17,20-21,27H,6-11,13,18-19H2,1-5H3,(H,34,36). The molecule has 1 aliphatic carbocycles. The summed E-state index contributed by atoms with van der Waals surface area (Å²) in [6.07, 6.45) is 10.3. The molecular formula is C33H42N2O5. The number of carbonyl (C=O) groups excluding carboxylic acids is 1. The van der Waals surface area contributed by atoms with E-state index in [1.165, 1.54) is 37.7 Å². The molecule has 0 unspecified atom stereocenters. The average molecular weight is 547 g/mol. The summed E-state index contributed by atoms with van der Waals surface area (Å²) in [5, 5.41) is 3.44. The minimum Gasteiger partial charge on any atom is -0.496 e. The highest BCUT2D eigenvalue weighted by atomic mass is 16.5. The number of nitrogens with one attached hydrogen (secondary N) is 1. The van der Waals surface area contributed by atoms with E-state index >= 15 is 0 Å². The van der Waals surface area contributed by atoms with Gasteiger partial charge in [0.25, 0.3) is 5.91 Å². The smallest absolute Gasteiger partial charge is 0.360 e. The zero-order valence-electron chi connectivity index (χ0n) is 24.5. The summed E-state index contributed by atoms with van der Waals surface area (Å²) in [7, 11) is 3.82. The van der Waals surface area contributed by atoms with Gasteiger partial charge in [0, 0.05) is 29.1 Å². The van der Waals surface area contributed by atoms with Crippen molar-refractivity contribution in [3.05, 3.63) is 75.2 Å². The number of anilines is 1. The third-order valence-electron chi connectivity index (χ3n) is 7.73. The lowest BCUT2D eigenvalue weighted by atomic mass is 9.94. The summed E-state index contributed by atoms with van der Waals surface area (Å²) in [6.45, 7) is 7.53. The Kier molecular flexibility index (Phi) is 10.0. The Labute approximate surface area is 237 Å². The number of nitrogens with zero attached hydrogens (tertiary/aromatic N) is 1. The van der Waals surface area contributed by atoms with Crippen molar-refractivity contribution in [1.82, 2.24) is 4.90 Å². The second kappa shape index (κ2) is 13.7. The summed E-state index contributed by atoms with van der Waals surface area (Å²) >= 11 is 0. The van der Waals surface area contributed by atoms with Crippen molar-refractivity contribution in [3.8, 4) is 11.5 Å². The molecule has 3 aromatic rings. The van der Waals surface area contributed by atoms with Crippen LogP contribution in [0.5, 0.6) is 11.5 Å². The molecule has 1 fully saturated rings. The Hall–Kier alpha value is -3.58. The minimum atomic E-state index is -0.603. The fourth-order valence-corrected chi connectivity index (χ4v) is 5.34. The van der Waals surface area contributed by atoms with Gasteiger partial charge in [-0.15, -0.1) is 0 Å². The third kappa shape index (κ3) is 7.33. The molecule has 214 valence electrons. The summed E-state index contributed by atoms with van der Waals surface area (Å²) in [5.41, 5.74) is 3.24. The number of hydrogen-bond acceptors (Lipinski definition) is 6. The molecule has 0 saturated heterocycles. The van der Waals surface area contributed by atoms with E-state index < -0.39 is 5.63 Å². The molecule has 0 atom stereocenters. The molecule has 0 spiro atoms. The SMILES string of the molecule is COc1ccc(C(=O)Nc2cc3ccc(OCCCN(C)C4CCCCC4)c(C)c3oc2=O)cc1CC=C(C)C. The first-order valence-electron chi connectivity index (χ1n) is 14.3. The van der Waals surface area contributed by atoms with Gasteiger partial charge in [0.2, 0.25) is 0 Å². The van der Waals surface area contributed by atoms with E-state index in [0.29, 0.717) is 41.7 Å². The Morgan fingerprint density at radius 2 is 1.85 bits per heavy atom. The van der Waals surface area contributed by atoms with Crippen LogP contribution in [0.1, 0.15) is 73.9 Å². The van der Waals surface area contributed by atoms with Crippen molar-refractivity contribution in [2.45, 2.75) is 71.8 Å². The number of fused-ring (bicyclic) bond motifs is 1. The number of amides is 1. The van der Waals surface area contributed by atoms with Crippen LogP contribution in [0.2, 0.25) is 0 Å². The van der Waals surface area contributed by atoms with Gasteiger partial charge >= 0.3 is 5.63 Å². The maximum absolute atomic E-state index is 13.0. The predicted octanol–water partition coefficient (Wildman–Crippen LogP) is 6.90. The van der Waals surface area contributed by atoms with Crippen LogP contribution in [0.15, 0.2) is 57.3 Å². The fourth-order valence-electron chi connectivity index (χ4n) is 5.34. The number of methoxy groups -OCH3 is 1. The second-order valence-corrected chi connectivity index (χ2v) is 11.0. The van der Waals surface area contributed by atoms with E-state index in [0.717, 1.165) is 29.5 Å². The first-order chi connectivity index (χ1) is 19.3. The van der Waals surface area contributed by atoms with Gasteiger partial charge in [0.15, 0.2) is 0 Å². The predicted molar refractivity (Wildman–Crippen MR) is 161 cm³/mol. The Balaban J connectivity index is 1.42. The molecule has 1 saturated carbocycles. The molecule has 1 amide bonds. The highest BCUT2D eigenvalue weighted by Crippen LogP contribution is 2.29. The van der Waals surface area contributed by atoms with E-state index in [-0.39, 0.29) is 11.6 Å². The Bertz CT molecular complexity index is 1410. The largest absolute Gasteiger partial charge is 0.496 e. The number of hydrogen-bond donors (Lipinski definition) is 1. The van der Waals surface area contributed by atoms with Crippen molar-refractivity contribution in [3.63, 3.8) is 0 Å². The van der Waals surface area contributed by atoms with Gasteiger partial charge in [-0.1, -0.05) is 30.9 Å². The number of carbonyl (C=O) groups is 1. The maximum atomic E-state index is 13.0. The van der Waals surface area contributed by atoms with Crippen LogP contribution < -0.4 is 20.4 Å². The van der Waals surface area contributed by atoms with Crippen molar-refractivity contribution < 1.29 is 18.7 Å². The van der Waals surface area contributed by atoms with E-state index in [1.54, 1.807) is 31.4 Å². The van der Waals surface area contributed by atoms with Crippen LogP contribution in [-0.4, -0.2) is 44.2 Å². The number of rotatable bonds is 11. The van der Waals surface area contributed by atoms with E-state index in [4.69, 9.17) is 13.9 Å². The highest BCUT2D eigenvalue weighted by molar-refractivity contribution is 6.05. The van der Waals surface area contributed by atoms with Crippen LogP contribution >= 0.6 is 0 Å². The van der Waals surface area contributed by atoms with Crippen LogP contribution in [-0.2, 0) is 6.42 Å². The topological polar surface area (TPSA) is 81.0 Å². The quantitative estimate of drug-likeness (QED) is 0.160. The first kappa shape index (κ1) is 29.4. The summed E-state index contributed by atoms with van der Waals surface area (Å²) in [4.78, 5) is 28.3. The van der Waals surface area contributed by atoms with Gasteiger partial charge in [-0.05, 0) is 95.5 Å². The van der Waals surface area contributed by atoms with Gasteiger partial charge in [0.1, 0.15) is 22.8 Å². The van der Waals surface area contributed by atoms with Crippen molar-refractivity contribution in [2.75, 3.05) is 32.6 Å². The van der Waals surface area contributed by atoms with E-state index in [1.807, 2.05) is 32.9 Å². The fraction of sp³-hybridized carbons (Fsp3) is 0.455. The number of aryl methyl sites for hydroxylation is 1. The highest BCUT2D eigenvalue weighted by Gasteiger charge is 2.18. The molecule has 7 heteroatoms. The molecular weight excluding hydrogens is 504 g/mol. The molecule has 1 heterocycles. The molecule has 1 aromatic heterocycles. The Morgan fingerprint density at radius 3 is 2.58 bits per heavy atom. The van der Waals surface area contributed by atoms with Gasteiger partial charge in [-0.25, -0.2) is 4.79 Å². The van der Waals surface area contributed by atoms with E-state index in [2.05, 4.69) is 23.3 Å². The van der Waals surface area contributed by atoms with Crippen molar-refractivity contribution in [1.29, 1.82) is 0 Å². The molecule has 40 heavy (non-hydrogen) atoms. The lowest BCUT2D eigenvalue weighted by molar-refractivity contribution is 0.102. The molecule has 0 bridgehead atoms. The van der Waals surface area contributed by atoms with Crippen LogP contribution in [0.3, 0.4) is 0 Å². The second-order valence-electron chi connectivity index (χ2n) is 11.0. The third-order valence-corrected chi connectivity index (χ3v) is 7.73. The first-order valence-corrected chi connectivity index (χ1v) is 14.3. The van der Waals surface area contributed by atoms with Crippen LogP contribution in [0, 0.1) is 6.92 Å². The van der Waals surface area contributed by atoms with Gasteiger partial charge < -0.3 is 24.1 Å². The van der Waals surface area contributed by atoms with Crippen molar-refractivity contribution in [2.24, 2.45) is 0 Å². The maximum Gasteiger partial charge on any atom is 0.360 e. The zero-order valence-corrected chi connectivity index (χ0v) is 24.5.